The fourth-order valence-electron chi connectivity index (χ4n) is 1.47. The summed E-state index contributed by atoms with van der Waals surface area (Å²) >= 11 is 5.70. The van der Waals surface area contributed by atoms with Crippen molar-refractivity contribution < 1.29 is 18.0 Å². The van der Waals surface area contributed by atoms with Crippen LogP contribution in [0.5, 0.6) is 0 Å². The van der Waals surface area contributed by atoms with Crippen LogP contribution in [0.4, 0.5) is 13.2 Å². The summed E-state index contributed by atoms with van der Waals surface area (Å²) in [6.07, 6.45) is -2.33. The molecule has 2 nitrogen and oxygen atoms in total. The molecule has 0 N–H and O–H groups in total. The van der Waals surface area contributed by atoms with Crippen molar-refractivity contribution in [3.05, 3.63) is 53.3 Å². The number of Topliss-reactive ketones (excluding diaryl/α,β-unsaturated/α-hetero) is 1. The first-order valence-electron chi connectivity index (χ1n) is 4.93. The Labute approximate surface area is 106 Å². The average Bonchev–Trinajstić information content (AvgIpc) is 2.77. The van der Waals surface area contributed by atoms with Crippen LogP contribution >= 0.6 is 11.6 Å². The van der Waals surface area contributed by atoms with Gasteiger partial charge in [-0.25, -0.2) is 0 Å². The van der Waals surface area contributed by atoms with Gasteiger partial charge in [-0.1, -0.05) is 11.6 Å². The zero-order chi connectivity index (χ0) is 13.3. The molecule has 1 heterocycles. The maximum atomic E-state index is 12.2. The number of rotatable bonds is 2. The van der Waals surface area contributed by atoms with Crippen molar-refractivity contribution in [1.82, 2.24) is 4.57 Å². The number of hydrogen-bond donors (Lipinski definition) is 0. The molecule has 0 radical (unpaired) electrons. The Hall–Kier alpha value is -1.75. The summed E-state index contributed by atoms with van der Waals surface area (Å²) in [6, 6.07) is 7.64. The summed E-state index contributed by atoms with van der Waals surface area (Å²) < 4.78 is 38.1. The molecule has 0 aliphatic heterocycles. The van der Waals surface area contributed by atoms with Crippen molar-refractivity contribution in [1.29, 1.82) is 0 Å². The molecule has 6 heteroatoms. The van der Waals surface area contributed by atoms with Crippen LogP contribution in [-0.4, -0.2) is 16.5 Å². The summed E-state index contributed by atoms with van der Waals surface area (Å²) in [5.74, 6) is -1.85. The minimum atomic E-state index is -4.85. The topological polar surface area (TPSA) is 22.0 Å². The molecule has 0 aliphatic rings. The highest BCUT2D eigenvalue weighted by molar-refractivity contribution is 6.30. The van der Waals surface area contributed by atoms with E-state index in [0.29, 0.717) is 10.7 Å². The zero-order valence-corrected chi connectivity index (χ0v) is 9.66. The van der Waals surface area contributed by atoms with E-state index in [1.54, 1.807) is 24.3 Å². The SMILES string of the molecule is O=C(c1ccn(-c2ccc(Cl)cc2)c1)C(F)(F)F. The lowest BCUT2D eigenvalue weighted by atomic mass is 10.2. The lowest BCUT2D eigenvalue weighted by Gasteiger charge is -2.03. The van der Waals surface area contributed by atoms with Gasteiger partial charge in [-0.15, -0.1) is 0 Å². The van der Waals surface area contributed by atoms with Gasteiger partial charge in [0.2, 0.25) is 0 Å². The van der Waals surface area contributed by atoms with Gasteiger partial charge >= 0.3 is 6.18 Å². The van der Waals surface area contributed by atoms with Gasteiger partial charge in [0.1, 0.15) is 0 Å². The van der Waals surface area contributed by atoms with Crippen LogP contribution in [0.1, 0.15) is 10.4 Å². The highest BCUT2D eigenvalue weighted by Crippen LogP contribution is 2.22. The number of carbonyl (C=O) groups excluding carboxylic acids is 1. The molecular formula is C12H7ClF3NO. The molecule has 1 aromatic heterocycles. The first-order chi connectivity index (χ1) is 8.38. The van der Waals surface area contributed by atoms with Gasteiger partial charge in [0.15, 0.2) is 0 Å². The maximum Gasteiger partial charge on any atom is 0.454 e. The predicted molar refractivity (Wildman–Crippen MR) is 61.2 cm³/mol. The molecule has 0 amide bonds. The summed E-state index contributed by atoms with van der Waals surface area (Å²) in [4.78, 5) is 11.0. The van der Waals surface area contributed by atoms with E-state index in [4.69, 9.17) is 11.6 Å². The molecule has 2 rings (SSSR count). The third-order valence-electron chi connectivity index (χ3n) is 2.34. The minimum absolute atomic E-state index is 0.391. The molecule has 18 heavy (non-hydrogen) atoms. The molecule has 1 aromatic carbocycles. The average molecular weight is 274 g/mol. The quantitative estimate of drug-likeness (QED) is 0.761. The molecule has 0 saturated carbocycles. The number of benzene rings is 1. The molecule has 0 spiro atoms. The Bertz CT molecular complexity index is 572. The van der Waals surface area contributed by atoms with Gasteiger partial charge in [0, 0.05) is 28.7 Å². The van der Waals surface area contributed by atoms with Gasteiger partial charge in [-0.2, -0.15) is 13.2 Å². The van der Waals surface area contributed by atoms with Crippen molar-refractivity contribution in [3.63, 3.8) is 0 Å². The summed E-state index contributed by atoms with van der Waals surface area (Å²) in [5, 5.41) is 0.525. The number of halogens is 4. The van der Waals surface area contributed by atoms with E-state index in [1.807, 2.05) is 0 Å². The van der Waals surface area contributed by atoms with Crippen molar-refractivity contribution >= 4 is 17.4 Å². The minimum Gasteiger partial charge on any atom is -0.323 e. The Kier molecular flexibility index (Phi) is 3.17. The van der Waals surface area contributed by atoms with Crippen LogP contribution in [-0.2, 0) is 0 Å². The van der Waals surface area contributed by atoms with Crippen LogP contribution in [0.25, 0.3) is 5.69 Å². The lowest BCUT2D eigenvalue weighted by molar-refractivity contribution is -0.0885. The fourth-order valence-corrected chi connectivity index (χ4v) is 1.59. The molecule has 0 saturated heterocycles. The first kappa shape index (κ1) is 12.7. The Morgan fingerprint density at radius 3 is 2.28 bits per heavy atom. The van der Waals surface area contributed by atoms with Crippen molar-refractivity contribution in [2.75, 3.05) is 0 Å². The largest absolute Gasteiger partial charge is 0.454 e. The van der Waals surface area contributed by atoms with E-state index in [9.17, 15) is 18.0 Å². The van der Waals surface area contributed by atoms with Crippen LogP contribution in [0, 0.1) is 0 Å². The van der Waals surface area contributed by atoms with E-state index in [1.165, 1.54) is 10.8 Å². The second-order valence-electron chi connectivity index (χ2n) is 3.61. The lowest BCUT2D eigenvalue weighted by Crippen LogP contribution is -2.22. The van der Waals surface area contributed by atoms with Crippen LogP contribution in [0.3, 0.4) is 0 Å². The summed E-state index contributed by atoms with van der Waals surface area (Å²) in [6.45, 7) is 0. The van der Waals surface area contributed by atoms with Crippen LogP contribution < -0.4 is 0 Å². The summed E-state index contributed by atoms with van der Waals surface area (Å²) in [5.41, 5.74) is 0.234. The number of nitrogens with zero attached hydrogens (tertiary/aromatic N) is 1. The highest BCUT2D eigenvalue weighted by atomic mass is 35.5. The van der Waals surface area contributed by atoms with Crippen molar-refractivity contribution in [2.24, 2.45) is 0 Å². The number of aromatic nitrogens is 1. The summed E-state index contributed by atoms with van der Waals surface area (Å²) in [7, 11) is 0. The van der Waals surface area contributed by atoms with Gasteiger partial charge < -0.3 is 4.57 Å². The number of carbonyl (C=O) groups is 1. The second-order valence-corrected chi connectivity index (χ2v) is 4.05. The zero-order valence-electron chi connectivity index (χ0n) is 8.91. The van der Waals surface area contributed by atoms with Gasteiger partial charge in [0.25, 0.3) is 5.78 Å². The van der Waals surface area contributed by atoms with E-state index in [-0.39, 0.29) is 0 Å². The number of hydrogen-bond acceptors (Lipinski definition) is 1. The number of ketones is 1. The Balaban J connectivity index is 2.31. The normalized spacial score (nSPS) is 11.6. The standard InChI is InChI=1S/C12H7ClF3NO/c13-9-1-3-10(4-2-9)17-6-5-8(7-17)11(18)12(14,15)16/h1-7H. The van der Waals surface area contributed by atoms with E-state index < -0.39 is 17.5 Å². The first-order valence-corrected chi connectivity index (χ1v) is 5.31. The molecule has 0 atom stereocenters. The monoisotopic (exact) mass is 273 g/mol. The molecule has 0 bridgehead atoms. The van der Waals surface area contributed by atoms with Crippen molar-refractivity contribution in [3.8, 4) is 5.69 Å². The Morgan fingerprint density at radius 2 is 1.72 bits per heavy atom. The van der Waals surface area contributed by atoms with Crippen LogP contribution in [0.2, 0.25) is 5.02 Å². The van der Waals surface area contributed by atoms with Gasteiger partial charge in [-0.3, -0.25) is 4.79 Å². The molecule has 94 valence electrons. The highest BCUT2D eigenvalue weighted by Gasteiger charge is 2.39. The smallest absolute Gasteiger partial charge is 0.323 e. The van der Waals surface area contributed by atoms with Gasteiger partial charge in [0.05, 0.1) is 0 Å². The predicted octanol–water partition coefficient (Wildman–Crippen LogP) is 3.88. The van der Waals surface area contributed by atoms with E-state index >= 15 is 0 Å². The van der Waals surface area contributed by atoms with E-state index in [0.717, 1.165) is 12.3 Å². The van der Waals surface area contributed by atoms with Crippen LogP contribution in [0.15, 0.2) is 42.7 Å². The molecular weight excluding hydrogens is 267 g/mol. The van der Waals surface area contributed by atoms with E-state index in [2.05, 4.69) is 0 Å². The fraction of sp³-hybridized carbons (Fsp3) is 0.0833. The number of alkyl halides is 3. The van der Waals surface area contributed by atoms with Gasteiger partial charge in [-0.05, 0) is 30.3 Å². The Morgan fingerprint density at radius 1 is 1.11 bits per heavy atom. The third-order valence-corrected chi connectivity index (χ3v) is 2.59. The molecule has 0 fully saturated rings. The molecule has 2 aromatic rings. The second kappa shape index (κ2) is 4.49. The van der Waals surface area contributed by atoms with Crippen molar-refractivity contribution in [2.45, 2.75) is 6.18 Å². The molecule has 0 unspecified atom stereocenters. The molecule has 0 aliphatic carbocycles. The maximum absolute atomic E-state index is 12.2. The third kappa shape index (κ3) is 2.56.